The number of nitrogens with zero attached hydrogens (tertiary/aromatic N) is 4. The summed E-state index contributed by atoms with van der Waals surface area (Å²) >= 11 is 1.25. The first-order valence-corrected chi connectivity index (χ1v) is 15.9. The number of thiazole rings is 1. The van der Waals surface area contributed by atoms with Crippen LogP contribution in [0.2, 0.25) is 0 Å². The van der Waals surface area contributed by atoms with Gasteiger partial charge in [-0.05, 0) is 25.7 Å². The van der Waals surface area contributed by atoms with Gasteiger partial charge in [-0.1, -0.05) is 63.2 Å². The van der Waals surface area contributed by atoms with Crippen LogP contribution in [0.25, 0.3) is 11.3 Å². The third-order valence-corrected chi connectivity index (χ3v) is 8.46. The maximum atomic E-state index is 13.8. The van der Waals surface area contributed by atoms with E-state index in [1.54, 1.807) is 19.2 Å². The molecule has 0 radical (unpaired) electrons. The van der Waals surface area contributed by atoms with Crippen molar-refractivity contribution in [1.29, 1.82) is 0 Å². The van der Waals surface area contributed by atoms with Crippen molar-refractivity contribution in [2.24, 2.45) is 11.8 Å². The van der Waals surface area contributed by atoms with Gasteiger partial charge in [0, 0.05) is 29.6 Å². The summed E-state index contributed by atoms with van der Waals surface area (Å²) in [7, 11) is 0. The largest absolute Gasteiger partial charge is 0.443 e. The lowest BCUT2D eigenvalue weighted by Gasteiger charge is -2.27. The Labute approximate surface area is 270 Å². The fourth-order valence-electron chi connectivity index (χ4n) is 5.09. The number of hydrogen-bond acceptors (Lipinski definition) is 10. The van der Waals surface area contributed by atoms with Crippen LogP contribution in [0, 0.1) is 18.8 Å². The Morgan fingerprint density at radius 2 is 1.67 bits per heavy atom. The van der Waals surface area contributed by atoms with Gasteiger partial charge in [-0.3, -0.25) is 19.2 Å². The minimum Gasteiger partial charge on any atom is -0.443 e. The first-order chi connectivity index (χ1) is 21.9. The Morgan fingerprint density at radius 1 is 0.957 bits per heavy atom. The third kappa shape index (κ3) is 7.17. The average Bonchev–Trinajstić information content (AvgIpc) is 3.78. The second kappa shape index (κ2) is 13.6. The van der Waals surface area contributed by atoms with Crippen LogP contribution in [-0.4, -0.2) is 62.8 Å². The van der Waals surface area contributed by atoms with Crippen molar-refractivity contribution >= 4 is 35.0 Å². The standard InChI is InChI=1S/C32H37N7O6S/c1-16(2)25-30-37-27(19(6)44-30)29(42)33-18(5)13-39(32(43)23-12-21(38-45-23)20-10-8-7-9-11-20)14-24(40)35-26(17(3)4)31-34-22(15-46-31)28(41)36-25/h7-12,15-18,25-26H,13-14H2,1-6H3,(H,33,42)(H,35,40)(H,36,41)/t18-,25-,26+/m1/s1. The molecule has 3 atom stereocenters. The van der Waals surface area contributed by atoms with Crippen molar-refractivity contribution < 1.29 is 28.1 Å². The molecule has 3 N–H and O–H groups in total. The highest BCUT2D eigenvalue weighted by atomic mass is 32.1. The topological polar surface area (TPSA) is 173 Å². The van der Waals surface area contributed by atoms with Crippen LogP contribution < -0.4 is 16.0 Å². The van der Waals surface area contributed by atoms with Gasteiger partial charge < -0.3 is 29.8 Å². The number of carbonyl (C=O) groups is 4. The highest BCUT2D eigenvalue weighted by molar-refractivity contribution is 7.09. The number of aromatic nitrogens is 3. The molecule has 13 nitrogen and oxygen atoms in total. The summed E-state index contributed by atoms with van der Waals surface area (Å²) < 4.78 is 11.3. The quantitative estimate of drug-likeness (QED) is 0.292. The van der Waals surface area contributed by atoms with Crippen molar-refractivity contribution in [2.75, 3.05) is 13.1 Å². The summed E-state index contributed by atoms with van der Waals surface area (Å²) in [5.41, 5.74) is 1.47. The molecule has 14 heteroatoms. The molecule has 5 rings (SSSR count). The number of carbonyl (C=O) groups excluding carboxylic acids is 4. The normalized spacial score (nSPS) is 19.8. The van der Waals surface area contributed by atoms with Gasteiger partial charge in [-0.15, -0.1) is 11.3 Å². The lowest BCUT2D eigenvalue weighted by atomic mass is 10.0. The second-order valence-electron chi connectivity index (χ2n) is 12.0. The molecule has 0 aliphatic carbocycles. The summed E-state index contributed by atoms with van der Waals surface area (Å²) in [6.45, 7) is 10.6. The molecule has 0 saturated carbocycles. The molecule has 1 aliphatic heterocycles. The number of oxazole rings is 1. The van der Waals surface area contributed by atoms with Gasteiger partial charge in [0.2, 0.25) is 17.6 Å². The SMILES string of the molecule is Cc1oc2nc1C(=O)N[C@H](C)CN(C(=O)c1cc(-c3ccccc3)no1)CC(=O)N[C@@H](C(C)C)c1nc(cs1)C(=O)N[C@@H]2C(C)C. The number of rotatable bonds is 4. The summed E-state index contributed by atoms with van der Waals surface area (Å²) in [6.07, 6.45) is 0. The summed E-state index contributed by atoms with van der Waals surface area (Å²) in [5, 5.41) is 15.0. The molecule has 4 bridgehead atoms. The number of aryl methyl sites for hydroxylation is 1. The van der Waals surface area contributed by atoms with Gasteiger partial charge in [-0.2, -0.15) is 0 Å². The van der Waals surface area contributed by atoms with E-state index in [2.05, 4.69) is 31.1 Å². The molecular weight excluding hydrogens is 610 g/mol. The molecule has 0 spiro atoms. The number of benzene rings is 1. The van der Waals surface area contributed by atoms with E-state index in [9.17, 15) is 19.2 Å². The van der Waals surface area contributed by atoms with Gasteiger partial charge in [-0.25, -0.2) is 9.97 Å². The van der Waals surface area contributed by atoms with E-state index in [0.717, 1.165) is 5.56 Å². The maximum absolute atomic E-state index is 13.8. The Morgan fingerprint density at radius 3 is 2.37 bits per heavy atom. The molecule has 1 aromatic carbocycles. The summed E-state index contributed by atoms with van der Waals surface area (Å²) in [5.74, 6) is -1.79. The molecule has 4 heterocycles. The zero-order valence-corrected chi connectivity index (χ0v) is 27.3. The van der Waals surface area contributed by atoms with Gasteiger partial charge in [0.15, 0.2) is 5.69 Å². The highest BCUT2D eigenvalue weighted by Crippen LogP contribution is 2.28. The second-order valence-corrected chi connectivity index (χ2v) is 12.9. The van der Waals surface area contributed by atoms with E-state index < -0.39 is 41.8 Å². The van der Waals surface area contributed by atoms with Crippen molar-refractivity contribution in [2.45, 2.75) is 59.7 Å². The van der Waals surface area contributed by atoms with E-state index in [-0.39, 0.29) is 53.7 Å². The van der Waals surface area contributed by atoms with Crippen LogP contribution in [-0.2, 0) is 4.79 Å². The fraction of sp³-hybridized carbons (Fsp3) is 0.406. The number of hydrogen-bond donors (Lipinski definition) is 3. The molecule has 3 aromatic heterocycles. The van der Waals surface area contributed by atoms with Crippen molar-refractivity contribution in [3.63, 3.8) is 0 Å². The first-order valence-electron chi connectivity index (χ1n) is 15.1. The average molecular weight is 648 g/mol. The lowest BCUT2D eigenvalue weighted by molar-refractivity contribution is -0.123. The van der Waals surface area contributed by atoms with Crippen LogP contribution in [0.4, 0.5) is 0 Å². The fourth-order valence-corrected chi connectivity index (χ4v) is 6.12. The minimum absolute atomic E-state index is 0.0262. The zero-order valence-electron chi connectivity index (χ0n) is 26.5. The van der Waals surface area contributed by atoms with Crippen LogP contribution in [0.15, 0.2) is 50.7 Å². The molecule has 0 fully saturated rings. The van der Waals surface area contributed by atoms with E-state index in [4.69, 9.17) is 8.94 Å². The minimum atomic E-state index is -0.634. The highest BCUT2D eigenvalue weighted by Gasteiger charge is 2.32. The Hall–Kier alpha value is -4.85. The number of fused-ring (bicyclic) bond motifs is 4. The monoisotopic (exact) mass is 647 g/mol. The molecule has 0 unspecified atom stereocenters. The van der Waals surface area contributed by atoms with Crippen LogP contribution in [0.5, 0.6) is 0 Å². The third-order valence-electron chi connectivity index (χ3n) is 7.54. The summed E-state index contributed by atoms with van der Waals surface area (Å²) in [4.78, 5) is 64.2. The zero-order chi connectivity index (χ0) is 33.1. The maximum Gasteiger partial charge on any atom is 0.293 e. The molecule has 0 saturated heterocycles. The van der Waals surface area contributed by atoms with Crippen molar-refractivity contribution in [3.8, 4) is 11.3 Å². The van der Waals surface area contributed by atoms with Crippen molar-refractivity contribution in [3.05, 3.63) is 75.6 Å². The van der Waals surface area contributed by atoms with Gasteiger partial charge in [0.1, 0.15) is 34.7 Å². The van der Waals surface area contributed by atoms with Crippen LogP contribution in [0.1, 0.15) is 94.9 Å². The van der Waals surface area contributed by atoms with E-state index >= 15 is 0 Å². The molecule has 242 valence electrons. The Kier molecular flexibility index (Phi) is 9.65. The van der Waals surface area contributed by atoms with Crippen LogP contribution in [0.3, 0.4) is 0 Å². The van der Waals surface area contributed by atoms with Gasteiger partial charge in [0.05, 0.1) is 6.04 Å². The van der Waals surface area contributed by atoms with E-state index in [1.807, 2.05) is 58.0 Å². The first kappa shape index (κ1) is 32.5. The number of amides is 4. The molecule has 4 amide bonds. The molecule has 46 heavy (non-hydrogen) atoms. The van der Waals surface area contributed by atoms with E-state index in [1.165, 1.54) is 22.3 Å². The lowest BCUT2D eigenvalue weighted by Crippen LogP contribution is -2.48. The summed E-state index contributed by atoms with van der Waals surface area (Å²) in [6, 6.07) is 9.00. The van der Waals surface area contributed by atoms with Gasteiger partial charge >= 0.3 is 0 Å². The van der Waals surface area contributed by atoms with Crippen LogP contribution >= 0.6 is 11.3 Å². The Balaban J connectivity index is 1.49. The van der Waals surface area contributed by atoms with Crippen molar-refractivity contribution in [1.82, 2.24) is 36.0 Å². The van der Waals surface area contributed by atoms with E-state index in [0.29, 0.717) is 10.7 Å². The molecule has 4 aromatic rings. The number of nitrogens with one attached hydrogen (secondary N) is 3. The molecular formula is C32H37N7O6S. The molecule has 1 aliphatic rings. The predicted octanol–water partition coefficient (Wildman–Crippen LogP) is 4.31. The Bertz CT molecular complexity index is 1730. The smallest absolute Gasteiger partial charge is 0.293 e. The predicted molar refractivity (Wildman–Crippen MR) is 169 cm³/mol. The van der Waals surface area contributed by atoms with Gasteiger partial charge in [0.25, 0.3) is 17.7 Å².